The zero-order chi connectivity index (χ0) is 17.2. The molecule has 0 saturated carbocycles. The SMILES string of the molecule is N#C/C(C(N)=O)=C(/Nc1cc2ccccc2oc1=O)C(F)(F)Cl. The third-order valence-corrected chi connectivity index (χ3v) is 2.98. The summed E-state index contributed by atoms with van der Waals surface area (Å²) in [5.41, 5.74) is 1.31. The second-order valence-corrected chi connectivity index (χ2v) is 4.81. The Morgan fingerprint density at radius 3 is 2.61 bits per heavy atom. The van der Waals surface area contributed by atoms with Crippen LogP contribution >= 0.6 is 11.6 Å². The van der Waals surface area contributed by atoms with Crippen molar-refractivity contribution in [3.05, 3.63) is 52.0 Å². The van der Waals surface area contributed by atoms with Crippen molar-refractivity contribution in [2.24, 2.45) is 5.73 Å². The molecule has 0 spiro atoms. The third-order valence-electron chi connectivity index (χ3n) is 2.79. The van der Waals surface area contributed by atoms with E-state index >= 15 is 0 Å². The van der Waals surface area contributed by atoms with Crippen molar-refractivity contribution >= 4 is 34.2 Å². The summed E-state index contributed by atoms with van der Waals surface area (Å²) in [6.45, 7) is 0. The molecule has 9 heteroatoms. The summed E-state index contributed by atoms with van der Waals surface area (Å²) in [4.78, 5) is 23.0. The van der Waals surface area contributed by atoms with Gasteiger partial charge in [0.2, 0.25) is 0 Å². The molecule has 1 amide bonds. The van der Waals surface area contributed by atoms with E-state index in [1.165, 1.54) is 18.2 Å². The normalized spacial score (nSPS) is 12.4. The summed E-state index contributed by atoms with van der Waals surface area (Å²) in [6, 6.07) is 8.80. The molecule has 2 rings (SSSR count). The third kappa shape index (κ3) is 3.46. The Kier molecular flexibility index (Phi) is 4.33. The molecule has 0 aliphatic rings. The predicted molar refractivity (Wildman–Crippen MR) is 78.7 cm³/mol. The predicted octanol–water partition coefficient (Wildman–Crippen LogP) is 2.30. The van der Waals surface area contributed by atoms with Gasteiger partial charge in [0.15, 0.2) is 0 Å². The number of carbonyl (C=O) groups is 1. The minimum Gasteiger partial charge on any atom is -0.421 e. The van der Waals surface area contributed by atoms with Crippen molar-refractivity contribution in [3.63, 3.8) is 0 Å². The summed E-state index contributed by atoms with van der Waals surface area (Å²) < 4.78 is 31.9. The van der Waals surface area contributed by atoms with Crippen molar-refractivity contribution in [1.82, 2.24) is 0 Å². The molecule has 0 radical (unpaired) electrons. The van der Waals surface area contributed by atoms with Crippen LogP contribution in [0.5, 0.6) is 0 Å². The average molecular weight is 340 g/mol. The second kappa shape index (κ2) is 6.06. The number of alkyl halides is 3. The molecule has 6 nitrogen and oxygen atoms in total. The zero-order valence-electron chi connectivity index (χ0n) is 11.3. The summed E-state index contributed by atoms with van der Waals surface area (Å²) in [5.74, 6) is -1.42. The Morgan fingerprint density at radius 2 is 2.04 bits per heavy atom. The van der Waals surface area contributed by atoms with Crippen LogP contribution in [0.15, 0.2) is 50.8 Å². The number of carbonyl (C=O) groups excluding carboxylic acids is 1. The number of nitrogens with one attached hydrogen (secondary N) is 1. The van der Waals surface area contributed by atoms with Crippen LogP contribution in [0.1, 0.15) is 0 Å². The number of rotatable bonds is 4. The summed E-state index contributed by atoms with van der Waals surface area (Å²) in [5, 5.41) is 7.09. The molecule has 1 heterocycles. The van der Waals surface area contributed by atoms with Crippen LogP contribution in [-0.4, -0.2) is 11.3 Å². The molecular weight excluding hydrogens is 332 g/mol. The Morgan fingerprint density at radius 1 is 1.39 bits per heavy atom. The van der Waals surface area contributed by atoms with E-state index in [0.717, 1.165) is 0 Å². The maximum Gasteiger partial charge on any atom is 0.364 e. The van der Waals surface area contributed by atoms with Gasteiger partial charge < -0.3 is 15.5 Å². The Labute approximate surface area is 132 Å². The molecule has 0 aliphatic heterocycles. The molecular formula is C14H8ClF2N3O3. The molecule has 1 aromatic carbocycles. The molecule has 0 aliphatic carbocycles. The average Bonchev–Trinajstić information content (AvgIpc) is 2.46. The van der Waals surface area contributed by atoms with Gasteiger partial charge in [-0.2, -0.15) is 14.0 Å². The number of benzene rings is 1. The number of nitrogens with two attached hydrogens (primary N) is 1. The van der Waals surface area contributed by atoms with Gasteiger partial charge >= 0.3 is 11.0 Å². The first-order chi connectivity index (χ1) is 10.7. The summed E-state index contributed by atoms with van der Waals surface area (Å²) in [6.07, 6.45) is 0. The molecule has 0 unspecified atom stereocenters. The number of hydrogen-bond donors (Lipinski definition) is 2. The Balaban J connectivity index is 2.62. The van der Waals surface area contributed by atoms with E-state index in [0.29, 0.717) is 5.39 Å². The fourth-order valence-electron chi connectivity index (χ4n) is 1.79. The second-order valence-electron chi connectivity index (χ2n) is 4.33. The van der Waals surface area contributed by atoms with Gasteiger partial charge in [0, 0.05) is 5.39 Å². The van der Waals surface area contributed by atoms with Crippen LogP contribution in [0.4, 0.5) is 14.5 Å². The minimum atomic E-state index is -4.13. The number of anilines is 1. The largest absolute Gasteiger partial charge is 0.421 e. The van der Waals surface area contributed by atoms with Gasteiger partial charge in [0.05, 0.1) is 0 Å². The topological polar surface area (TPSA) is 109 Å². The number of nitriles is 1. The smallest absolute Gasteiger partial charge is 0.364 e. The van der Waals surface area contributed by atoms with E-state index in [-0.39, 0.29) is 5.58 Å². The fraction of sp³-hybridized carbons (Fsp3) is 0.0714. The maximum atomic E-state index is 13.5. The number of hydrogen-bond acceptors (Lipinski definition) is 5. The van der Waals surface area contributed by atoms with Crippen LogP contribution in [0.3, 0.4) is 0 Å². The van der Waals surface area contributed by atoms with E-state index in [1.807, 2.05) is 5.32 Å². The first kappa shape index (κ1) is 16.5. The lowest BCUT2D eigenvalue weighted by atomic mass is 10.2. The van der Waals surface area contributed by atoms with E-state index < -0.39 is 33.9 Å². The van der Waals surface area contributed by atoms with E-state index in [4.69, 9.17) is 27.0 Å². The van der Waals surface area contributed by atoms with Crippen molar-refractivity contribution < 1.29 is 18.0 Å². The number of allylic oxidation sites excluding steroid dienone is 1. The lowest BCUT2D eigenvalue weighted by Gasteiger charge is -2.16. The van der Waals surface area contributed by atoms with Gasteiger partial charge in [-0.1, -0.05) is 18.2 Å². The number of para-hydroxylation sites is 1. The Hall–Kier alpha value is -2.92. The van der Waals surface area contributed by atoms with E-state index in [2.05, 4.69) is 0 Å². The van der Waals surface area contributed by atoms with Crippen molar-refractivity contribution in [2.75, 3.05) is 5.32 Å². The number of amides is 1. The van der Waals surface area contributed by atoms with Crippen LogP contribution in [-0.2, 0) is 4.79 Å². The van der Waals surface area contributed by atoms with Gasteiger partial charge in [-0.15, -0.1) is 0 Å². The standard InChI is InChI=1S/C14H8ClF2N3O3/c15-14(16,17)11(8(6-18)12(19)21)20-9-5-7-3-1-2-4-10(7)23-13(9)22/h1-5,20H,(H2,19,21)/b11-8-. The summed E-state index contributed by atoms with van der Waals surface area (Å²) in [7, 11) is 0. The first-order valence-corrected chi connectivity index (χ1v) is 6.43. The van der Waals surface area contributed by atoms with Gasteiger partial charge in [-0.25, -0.2) is 4.79 Å². The van der Waals surface area contributed by atoms with Gasteiger partial charge in [0.1, 0.15) is 28.6 Å². The number of halogens is 3. The van der Waals surface area contributed by atoms with Crippen molar-refractivity contribution in [2.45, 2.75) is 5.38 Å². The molecule has 1 aromatic heterocycles. The maximum absolute atomic E-state index is 13.5. The molecule has 0 saturated heterocycles. The van der Waals surface area contributed by atoms with Crippen LogP contribution < -0.4 is 16.7 Å². The molecule has 3 N–H and O–H groups in total. The van der Waals surface area contributed by atoms with Crippen LogP contribution in [0, 0.1) is 11.3 Å². The molecule has 0 bridgehead atoms. The van der Waals surface area contributed by atoms with Crippen LogP contribution in [0.2, 0.25) is 0 Å². The fourth-order valence-corrected chi connectivity index (χ4v) is 1.93. The number of nitrogens with zero attached hydrogens (tertiary/aromatic N) is 1. The molecule has 0 atom stereocenters. The lowest BCUT2D eigenvalue weighted by molar-refractivity contribution is -0.114. The van der Waals surface area contributed by atoms with Crippen molar-refractivity contribution in [1.29, 1.82) is 5.26 Å². The van der Waals surface area contributed by atoms with Crippen molar-refractivity contribution in [3.8, 4) is 6.07 Å². The number of primary amides is 1. The highest BCUT2D eigenvalue weighted by Gasteiger charge is 2.36. The van der Waals surface area contributed by atoms with Gasteiger partial charge in [-0.3, -0.25) is 4.79 Å². The highest BCUT2D eigenvalue weighted by molar-refractivity contribution is 6.24. The quantitative estimate of drug-likeness (QED) is 0.384. The Bertz CT molecular complexity index is 910. The molecule has 2 aromatic rings. The van der Waals surface area contributed by atoms with E-state index in [9.17, 15) is 18.4 Å². The summed E-state index contributed by atoms with van der Waals surface area (Å²) >= 11 is 4.89. The first-order valence-electron chi connectivity index (χ1n) is 6.05. The number of fused-ring (bicyclic) bond motifs is 1. The lowest BCUT2D eigenvalue weighted by Crippen LogP contribution is -2.27. The van der Waals surface area contributed by atoms with Crippen LogP contribution in [0.25, 0.3) is 11.0 Å². The van der Waals surface area contributed by atoms with Gasteiger partial charge in [-0.05, 0) is 23.7 Å². The van der Waals surface area contributed by atoms with E-state index in [1.54, 1.807) is 18.2 Å². The zero-order valence-corrected chi connectivity index (χ0v) is 12.0. The minimum absolute atomic E-state index is 0.238. The highest BCUT2D eigenvalue weighted by Crippen LogP contribution is 2.31. The molecule has 23 heavy (non-hydrogen) atoms. The molecule has 0 fully saturated rings. The monoisotopic (exact) mass is 339 g/mol. The van der Waals surface area contributed by atoms with Gasteiger partial charge in [0.25, 0.3) is 5.91 Å². The highest BCUT2D eigenvalue weighted by atomic mass is 35.5. The molecule has 118 valence electrons.